The second kappa shape index (κ2) is 6.52. The summed E-state index contributed by atoms with van der Waals surface area (Å²) in [7, 11) is 0. The SMILES string of the molecule is C[C@@H]1[C@H](OCc2ccccc2)[C@H](C)[C@@H]2[C@@H](C)CO[C@]2(O)C[C@H]1O. The van der Waals surface area contributed by atoms with Crippen LogP contribution in [0.2, 0.25) is 0 Å². The molecule has 2 N–H and O–H groups in total. The monoisotopic (exact) mass is 320 g/mol. The molecule has 1 aliphatic carbocycles. The van der Waals surface area contributed by atoms with E-state index in [2.05, 4.69) is 13.8 Å². The molecule has 3 rings (SSSR count). The van der Waals surface area contributed by atoms with Crippen LogP contribution in [0.5, 0.6) is 0 Å². The molecule has 0 unspecified atom stereocenters. The zero-order valence-electron chi connectivity index (χ0n) is 14.2. The number of hydrogen-bond acceptors (Lipinski definition) is 4. The molecule has 1 aliphatic heterocycles. The van der Waals surface area contributed by atoms with Gasteiger partial charge in [0.2, 0.25) is 0 Å². The molecule has 4 nitrogen and oxygen atoms in total. The normalized spacial score (nSPS) is 43.9. The molecule has 0 spiro atoms. The van der Waals surface area contributed by atoms with Crippen LogP contribution in [0.1, 0.15) is 32.8 Å². The second-order valence-electron chi connectivity index (χ2n) is 7.41. The first-order valence-electron chi connectivity index (χ1n) is 8.62. The molecule has 1 aromatic rings. The highest BCUT2D eigenvalue weighted by atomic mass is 16.6. The van der Waals surface area contributed by atoms with Gasteiger partial charge in [-0.2, -0.15) is 0 Å². The average molecular weight is 320 g/mol. The Morgan fingerprint density at radius 1 is 1.17 bits per heavy atom. The van der Waals surface area contributed by atoms with Gasteiger partial charge in [-0.15, -0.1) is 0 Å². The average Bonchev–Trinajstić information content (AvgIpc) is 2.79. The van der Waals surface area contributed by atoms with Gasteiger partial charge in [0.25, 0.3) is 0 Å². The van der Waals surface area contributed by atoms with Crippen LogP contribution >= 0.6 is 0 Å². The number of rotatable bonds is 3. The highest BCUT2D eigenvalue weighted by molar-refractivity contribution is 5.13. The Morgan fingerprint density at radius 3 is 2.57 bits per heavy atom. The van der Waals surface area contributed by atoms with Gasteiger partial charge in [0.1, 0.15) is 0 Å². The lowest BCUT2D eigenvalue weighted by Crippen LogP contribution is -2.42. The predicted octanol–water partition coefficient (Wildman–Crippen LogP) is 2.58. The minimum absolute atomic E-state index is 0.0112. The standard InChI is InChI=1S/C19H28O4/c1-12-10-23-19(21)9-16(20)13(2)18(14(3)17(12)19)22-11-15-7-5-4-6-8-15/h4-8,12-14,16-18,20-21H,9-11H2,1-3H3/t12-,13-,14+,16+,17-,18-,19+/m0/s1. The van der Waals surface area contributed by atoms with E-state index in [1.807, 2.05) is 37.3 Å². The molecule has 128 valence electrons. The van der Waals surface area contributed by atoms with Crippen molar-refractivity contribution in [1.29, 1.82) is 0 Å². The summed E-state index contributed by atoms with van der Waals surface area (Å²) in [6.07, 6.45) is -0.467. The molecule has 7 atom stereocenters. The van der Waals surface area contributed by atoms with Crippen LogP contribution in [0.3, 0.4) is 0 Å². The van der Waals surface area contributed by atoms with Crippen molar-refractivity contribution >= 4 is 0 Å². The zero-order valence-corrected chi connectivity index (χ0v) is 14.2. The topological polar surface area (TPSA) is 58.9 Å². The summed E-state index contributed by atoms with van der Waals surface area (Å²) in [5.41, 5.74) is 1.12. The molecule has 1 aromatic carbocycles. The van der Waals surface area contributed by atoms with Gasteiger partial charge in [0.05, 0.1) is 25.4 Å². The molecular weight excluding hydrogens is 292 g/mol. The third kappa shape index (κ3) is 3.18. The minimum atomic E-state index is -1.22. The van der Waals surface area contributed by atoms with E-state index in [0.717, 1.165) is 5.56 Å². The first kappa shape index (κ1) is 16.9. The summed E-state index contributed by atoms with van der Waals surface area (Å²) in [6, 6.07) is 10.1. The van der Waals surface area contributed by atoms with E-state index in [1.54, 1.807) is 0 Å². The lowest BCUT2D eigenvalue weighted by atomic mass is 9.77. The van der Waals surface area contributed by atoms with Crippen molar-refractivity contribution in [2.75, 3.05) is 6.61 Å². The third-order valence-corrected chi connectivity index (χ3v) is 5.73. The fourth-order valence-electron chi connectivity index (χ4n) is 4.50. The molecule has 4 heteroatoms. The first-order chi connectivity index (χ1) is 10.9. The van der Waals surface area contributed by atoms with E-state index in [1.165, 1.54) is 0 Å². The minimum Gasteiger partial charge on any atom is -0.393 e. The summed E-state index contributed by atoms with van der Waals surface area (Å²) in [6.45, 7) is 7.29. The summed E-state index contributed by atoms with van der Waals surface area (Å²) in [5.74, 6) is -0.900. The lowest BCUT2D eigenvalue weighted by molar-refractivity contribution is -0.215. The van der Waals surface area contributed by atoms with Crippen LogP contribution in [0.15, 0.2) is 30.3 Å². The molecule has 0 radical (unpaired) electrons. The fourth-order valence-corrected chi connectivity index (χ4v) is 4.50. The largest absolute Gasteiger partial charge is 0.393 e. The maximum atomic E-state index is 10.9. The van der Waals surface area contributed by atoms with Crippen molar-refractivity contribution < 1.29 is 19.7 Å². The van der Waals surface area contributed by atoms with Gasteiger partial charge in [-0.25, -0.2) is 0 Å². The number of aliphatic hydroxyl groups excluding tert-OH is 1. The van der Waals surface area contributed by atoms with E-state index in [0.29, 0.717) is 13.2 Å². The van der Waals surface area contributed by atoms with E-state index in [4.69, 9.17) is 9.47 Å². The molecular formula is C19H28O4. The van der Waals surface area contributed by atoms with Crippen molar-refractivity contribution in [2.24, 2.45) is 23.7 Å². The molecule has 1 saturated carbocycles. The number of hydrogen-bond donors (Lipinski definition) is 2. The van der Waals surface area contributed by atoms with Crippen molar-refractivity contribution in [2.45, 2.75) is 51.8 Å². The van der Waals surface area contributed by atoms with Gasteiger partial charge < -0.3 is 19.7 Å². The van der Waals surface area contributed by atoms with Crippen LogP contribution in [-0.4, -0.2) is 34.8 Å². The molecule has 1 saturated heterocycles. The summed E-state index contributed by atoms with van der Waals surface area (Å²) in [4.78, 5) is 0. The van der Waals surface area contributed by atoms with Gasteiger partial charge in [-0.3, -0.25) is 0 Å². The Kier molecular flexibility index (Phi) is 4.79. The number of benzene rings is 1. The highest BCUT2D eigenvalue weighted by Crippen LogP contribution is 2.48. The molecule has 0 bridgehead atoms. The van der Waals surface area contributed by atoms with E-state index < -0.39 is 11.9 Å². The van der Waals surface area contributed by atoms with Gasteiger partial charge in [-0.1, -0.05) is 51.1 Å². The molecule has 2 aliphatic rings. The highest BCUT2D eigenvalue weighted by Gasteiger charge is 2.56. The predicted molar refractivity (Wildman–Crippen MR) is 87.5 cm³/mol. The van der Waals surface area contributed by atoms with E-state index >= 15 is 0 Å². The Hall–Kier alpha value is -0.940. The first-order valence-corrected chi connectivity index (χ1v) is 8.62. The Morgan fingerprint density at radius 2 is 1.87 bits per heavy atom. The van der Waals surface area contributed by atoms with Gasteiger partial charge in [0, 0.05) is 18.3 Å². The van der Waals surface area contributed by atoms with Gasteiger partial charge in [-0.05, 0) is 17.4 Å². The van der Waals surface area contributed by atoms with Crippen LogP contribution in [0.4, 0.5) is 0 Å². The maximum absolute atomic E-state index is 10.9. The smallest absolute Gasteiger partial charge is 0.171 e. The Bertz CT molecular complexity index is 519. The van der Waals surface area contributed by atoms with Gasteiger partial charge in [0.15, 0.2) is 5.79 Å². The number of fused-ring (bicyclic) bond motifs is 1. The molecule has 2 fully saturated rings. The molecule has 0 amide bonds. The summed E-state index contributed by atoms with van der Waals surface area (Å²) in [5, 5.41) is 21.4. The van der Waals surface area contributed by atoms with Crippen LogP contribution < -0.4 is 0 Å². The molecule has 0 aromatic heterocycles. The number of ether oxygens (including phenoxy) is 2. The summed E-state index contributed by atoms with van der Waals surface area (Å²) >= 11 is 0. The van der Waals surface area contributed by atoms with E-state index in [9.17, 15) is 10.2 Å². The van der Waals surface area contributed by atoms with Crippen LogP contribution in [0, 0.1) is 23.7 Å². The van der Waals surface area contributed by atoms with Gasteiger partial charge >= 0.3 is 0 Å². The second-order valence-corrected chi connectivity index (χ2v) is 7.41. The Labute approximate surface area is 138 Å². The van der Waals surface area contributed by atoms with Crippen molar-refractivity contribution in [3.8, 4) is 0 Å². The van der Waals surface area contributed by atoms with E-state index in [-0.39, 0.29) is 36.2 Å². The summed E-state index contributed by atoms with van der Waals surface area (Å²) < 4.78 is 11.9. The van der Waals surface area contributed by atoms with Crippen molar-refractivity contribution in [1.82, 2.24) is 0 Å². The zero-order chi connectivity index (χ0) is 16.6. The third-order valence-electron chi connectivity index (χ3n) is 5.73. The van der Waals surface area contributed by atoms with Crippen molar-refractivity contribution in [3.05, 3.63) is 35.9 Å². The van der Waals surface area contributed by atoms with Crippen molar-refractivity contribution in [3.63, 3.8) is 0 Å². The molecule has 1 heterocycles. The quantitative estimate of drug-likeness (QED) is 0.899. The number of aliphatic hydroxyl groups is 2. The Balaban J connectivity index is 1.80. The molecule has 23 heavy (non-hydrogen) atoms. The van der Waals surface area contributed by atoms with Crippen LogP contribution in [0.25, 0.3) is 0 Å². The maximum Gasteiger partial charge on any atom is 0.171 e. The van der Waals surface area contributed by atoms with Crippen LogP contribution in [-0.2, 0) is 16.1 Å². The lowest BCUT2D eigenvalue weighted by Gasteiger charge is -2.35. The fraction of sp³-hybridized carbons (Fsp3) is 0.684.